The van der Waals surface area contributed by atoms with Gasteiger partial charge in [-0.25, -0.2) is 4.79 Å². The molecule has 0 radical (unpaired) electrons. The Morgan fingerprint density at radius 1 is 0.972 bits per heavy atom. The summed E-state index contributed by atoms with van der Waals surface area (Å²) in [6, 6.07) is 17.3. The zero-order chi connectivity index (χ0) is 25.0. The van der Waals surface area contributed by atoms with Crippen LogP contribution in [0, 0.1) is 0 Å². The molecule has 10 nitrogen and oxygen atoms in total. The third kappa shape index (κ3) is 2.24. The van der Waals surface area contributed by atoms with Crippen molar-refractivity contribution in [2.75, 3.05) is 33.0 Å². The molecule has 2 N–H and O–H groups in total. The zero-order valence-corrected chi connectivity index (χ0v) is 20.8. The van der Waals surface area contributed by atoms with Gasteiger partial charge in [0.05, 0.1) is 0 Å². The predicted octanol–water partition coefficient (Wildman–Crippen LogP) is 1.40. The maximum absolute atomic E-state index is 14.9. The molecule has 0 unspecified atom stereocenters. The number of amides is 4. The van der Waals surface area contributed by atoms with Crippen molar-refractivity contribution in [3.8, 4) is 0 Å². The van der Waals surface area contributed by atoms with Gasteiger partial charge in [-0.1, -0.05) is 60.3 Å². The molecule has 0 saturated carbocycles. The summed E-state index contributed by atoms with van der Waals surface area (Å²) in [4.78, 5) is 48.6. The number of nitrogens with one attached hydrogen (secondary N) is 2. The second kappa shape index (κ2) is 7.01. The maximum Gasteiger partial charge on any atom is 0.323 e. The number of amidine groups is 1. The van der Waals surface area contributed by atoms with E-state index < -0.39 is 22.6 Å². The van der Waals surface area contributed by atoms with Gasteiger partial charge >= 0.3 is 6.03 Å². The number of hydrogen-bond acceptors (Lipinski definition) is 7. The van der Waals surface area contributed by atoms with E-state index in [0.29, 0.717) is 17.4 Å². The van der Waals surface area contributed by atoms with E-state index in [1.807, 2.05) is 66.5 Å². The standard InChI is InChI=1S/C25H25N7O3S/c1-29-13-16(14-9-5-4-6-10-14)25(24(29)15-11-7-8-12-17(15)26-20(24)33)21(34)32-19-18(27-28-22(32)36-25)30(2)23(35)31(19)3/h4-12,16,18-19,27H,13H2,1-3H3,(H,26,33)/t16-,18-,19-,24+,25-/m0/s1. The van der Waals surface area contributed by atoms with Crippen molar-refractivity contribution in [2.45, 2.75) is 28.5 Å². The van der Waals surface area contributed by atoms with Crippen LogP contribution in [0.25, 0.3) is 0 Å². The number of urea groups is 1. The lowest BCUT2D eigenvalue weighted by Gasteiger charge is -2.42. The summed E-state index contributed by atoms with van der Waals surface area (Å²) >= 11 is 1.34. The fourth-order valence-electron chi connectivity index (χ4n) is 6.83. The van der Waals surface area contributed by atoms with Gasteiger partial charge in [0.1, 0.15) is 4.75 Å². The predicted molar refractivity (Wildman–Crippen MR) is 135 cm³/mol. The van der Waals surface area contributed by atoms with Crippen LogP contribution in [0.2, 0.25) is 0 Å². The molecule has 0 aromatic heterocycles. The van der Waals surface area contributed by atoms with Crippen molar-refractivity contribution in [3.63, 3.8) is 0 Å². The highest BCUT2D eigenvalue weighted by Gasteiger charge is 2.79. The first-order chi connectivity index (χ1) is 17.3. The molecule has 2 aromatic carbocycles. The van der Waals surface area contributed by atoms with E-state index >= 15 is 0 Å². The van der Waals surface area contributed by atoms with Crippen molar-refractivity contribution >= 4 is 40.5 Å². The first-order valence-electron chi connectivity index (χ1n) is 11.9. The number of carbonyl (C=O) groups is 3. The van der Waals surface area contributed by atoms with Crippen molar-refractivity contribution in [2.24, 2.45) is 5.10 Å². The summed E-state index contributed by atoms with van der Waals surface area (Å²) in [5.74, 6) is -0.726. The Hall–Kier alpha value is -3.57. The third-order valence-electron chi connectivity index (χ3n) is 8.40. The molecule has 5 aliphatic heterocycles. The van der Waals surface area contributed by atoms with Crippen LogP contribution >= 0.6 is 11.8 Å². The first-order valence-corrected chi connectivity index (χ1v) is 12.7. The van der Waals surface area contributed by atoms with E-state index in [4.69, 9.17) is 0 Å². The Kier molecular flexibility index (Phi) is 4.22. The quantitative estimate of drug-likeness (QED) is 0.610. The number of benzene rings is 2. The smallest absolute Gasteiger partial charge is 0.323 e. The molecular formula is C25H25N7O3S. The highest BCUT2D eigenvalue weighted by molar-refractivity contribution is 8.16. The minimum atomic E-state index is -1.26. The van der Waals surface area contributed by atoms with Crippen LogP contribution in [0.3, 0.4) is 0 Å². The van der Waals surface area contributed by atoms with Gasteiger partial charge in [0.25, 0.3) is 11.8 Å². The van der Waals surface area contributed by atoms with E-state index in [1.165, 1.54) is 11.8 Å². The van der Waals surface area contributed by atoms with Gasteiger partial charge in [0.2, 0.25) is 0 Å². The van der Waals surface area contributed by atoms with Crippen LogP contribution in [0.15, 0.2) is 59.7 Å². The van der Waals surface area contributed by atoms with Gasteiger partial charge in [-0.2, -0.15) is 5.10 Å². The van der Waals surface area contributed by atoms with Crippen molar-refractivity contribution < 1.29 is 14.4 Å². The molecule has 2 spiro atoms. The second-order valence-corrected chi connectivity index (χ2v) is 11.2. The molecule has 7 rings (SSSR count). The Morgan fingerprint density at radius 2 is 1.69 bits per heavy atom. The lowest BCUT2D eigenvalue weighted by atomic mass is 9.72. The van der Waals surface area contributed by atoms with Gasteiger partial charge in [-0.05, 0) is 18.7 Å². The van der Waals surface area contributed by atoms with E-state index in [-0.39, 0.29) is 23.8 Å². The minimum absolute atomic E-state index is 0.200. The number of likely N-dealkylation sites (tertiary alicyclic amines) is 1. The van der Waals surface area contributed by atoms with E-state index in [1.54, 1.807) is 28.8 Å². The summed E-state index contributed by atoms with van der Waals surface area (Å²) in [5, 5.41) is 8.11. The van der Waals surface area contributed by atoms with E-state index in [0.717, 1.165) is 11.1 Å². The molecule has 3 saturated heterocycles. The zero-order valence-electron chi connectivity index (χ0n) is 20.0. The lowest BCUT2D eigenvalue weighted by Crippen LogP contribution is -2.65. The summed E-state index contributed by atoms with van der Waals surface area (Å²) in [6.45, 7) is 0.502. The Labute approximate surface area is 212 Å². The van der Waals surface area contributed by atoms with Gasteiger partial charge < -0.3 is 15.1 Å². The number of hydrogen-bond donors (Lipinski definition) is 2. The van der Waals surface area contributed by atoms with Crippen LogP contribution < -0.4 is 10.7 Å². The molecule has 5 heterocycles. The number of nitrogens with zero attached hydrogens (tertiary/aromatic N) is 5. The second-order valence-electron chi connectivity index (χ2n) is 9.95. The monoisotopic (exact) mass is 503 g/mol. The van der Waals surface area contributed by atoms with Gasteiger partial charge in [-0.15, -0.1) is 0 Å². The molecule has 36 heavy (non-hydrogen) atoms. The molecule has 2 aromatic rings. The molecule has 0 aliphatic carbocycles. The lowest BCUT2D eigenvalue weighted by molar-refractivity contribution is -0.141. The fraction of sp³-hybridized carbons (Fsp3) is 0.360. The van der Waals surface area contributed by atoms with Crippen LogP contribution in [0.5, 0.6) is 0 Å². The van der Waals surface area contributed by atoms with Gasteiger partial charge in [0, 0.05) is 37.8 Å². The Morgan fingerprint density at radius 3 is 2.47 bits per heavy atom. The number of anilines is 1. The van der Waals surface area contributed by atoms with E-state index in [9.17, 15) is 14.4 Å². The van der Waals surface area contributed by atoms with E-state index in [2.05, 4.69) is 15.8 Å². The summed E-state index contributed by atoms with van der Waals surface area (Å²) in [6.07, 6.45) is -1.06. The number of fused-ring (bicyclic) bond motifs is 6. The normalized spacial score (nSPS) is 34.8. The average molecular weight is 504 g/mol. The van der Waals surface area contributed by atoms with Crippen LogP contribution in [-0.4, -0.2) is 87.4 Å². The Balaban J connectivity index is 1.49. The molecule has 11 heteroatoms. The third-order valence-corrected chi connectivity index (χ3v) is 9.95. The molecular weight excluding hydrogens is 478 g/mol. The SMILES string of the molecule is CN1C(=O)N(C)[C@@H]2[C@H]1NN=C1S[C@]3(C(=O)N12)[C@H](c1ccccc1)CN(C)[C@]31C(=O)Nc2ccccc21. The summed E-state index contributed by atoms with van der Waals surface area (Å²) in [7, 11) is 5.30. The molecule has 4 amide bonds. The van der Waals surface area contributed by atoms with Crippen molar-refractivity contribution in [3.05, 3.63) is 65.7 Å². The highest BCUT2D eigenvalue weighted by Crippen LogP contribution is 2.66. The van der Waals surface area contributed by atoms with Crippen molar-refractivity contribution in [1.82, 2.24) is 25.0 Å². The fourth-order valence-corrected chi connectivity index (χ4v) is 8.55. The van der Waals surface area contributed by atoms with Crippen LogP contribution in [-0.2, 0) is 15.1 Å². The first kappa shape index (κ1) is 21.7. The number of rotatable bonds is 1. The minimum Gasteiger partial charge on any atom is -0.324 e. The Bertz CT molecular complexity index is 1370. The van der Waals surface area contributed by atoms with Gasteiger partial charge in [-0.3, -0.25) is 24.8 Å². The largest absolute Gasteiger partial charge is 0.324 e. The average Bonchev–Trinajstić information content (AvgIpc) is 3.53. The molecule has 184 valence electrons. The molecule has 3 fully saturated rings. The molecule has 5 atom stereocenters. The van der Waals surface area contributed by atoms with Crippen LogP contribution in [0.4, 0.5) is 10.5 Å². The van der Waals surface area contributed by atoms with Crippen molar-refractivity contribution in [1.29, 1.82) is 0 Å². The molecule has 0 bridgehead atoms. The van der Waals surface area contributed by atoms with Crippen LogP contribution in [0.1, 0.15) is 17.0 Å². The van der Waals surface area contributed by atoms with Gasteiger partial charge in [0.15, 0.2) is 23.0 Å². The number of para-hydroxylation sites is 1. The summed E-state index contributed by atoms with van der Waals surface area (Å²) < 4.78 is -1.24. The molecule has 5 aliphatic rings. The number of likely N-dealkylation sites (N-methyl/N-ethyl adjacent to an activating group) is 3. The number of thioether (sulfide) groups is 1. The number of hydrazone groups is 1. The maximum atomic E-state index is 14.9. The highest BCUT2D eigenvalue weighted by atomic mass is 32.2. The number of carbonyl (C=O) groups excluding carboxylic acids is 3. The topological polar surface area (TPSA) is 101 Å². The summed E-state index contributed by atoms with van der Waals surface area (Å²) in [5.41, 5.74) is 4.32.